The second kappa shape index (κ2) is 6.17. The summed E-state index contributed by atoms with van der Waals surface area (Å²) in [4.78, 5) is 6.87. The molecule has 0 aliphatic heterocycles. The van der Waals surface area contributed by atoms with Gasteiger partial charge in [0.2, 0.25) is 0 Å². The van der Waals surface area contributed by atoms with Gasteiger partial charge in [-0.3, -0.25) is 4.90 Å². The van der Waals surface area contributed by atoms with Crippen LogP contribution in [0.25, 0.3) is 0 Å². The summed E-state index contributed by atoms with van der Waals surface area (Å²) in [5, 5.41) is 0. The van der Waals surface area contributed by atoms with Gasteiger partial charge >= 0.3 is 0 Å². The van der Waals surface area contributed by atoms with E-state index in [0.29, 0.717) is 0 Å². The standard InChI is InChI=1S/C13H24N4/c1-12-15-7-9-16(12)10-11-17(8-3-6-14)13-4-2-5-13/h7,9,13H,2-6,8,10-11,14H2,1H3. The lowest BCUT2D eigenvalue weighted by Gasteiger charge is -2.37. The fraction of sp³-hybridized carbons (Fsp3) is 0.769. The molecule has 1 aromatic heterocycles. The number of imidazole rings is 1. The molecule has 1 aromatic rings. The maximum absolute atomic E-state index is 5.61. The Morgan fingerprint density at radius 3 is 2.82 bits per heavy atom. The Kier molecular flexibility index (Phi) is 4.57. The fourth-order valence-electron chi connectivity index (χ4n) is 2.40. The molecule has 2 rings (SSSR count). The van der Waals surface area contributed by atoms with Crippen LogP contribution in [0.5, 0.6) is 0 Å². The summed E-state index contributed by atoms with van der Waals surface area (Å²) in [5.41, 5.74) is 5.61. The highest BCUT2D eigenvalue weighted by atomic mass is 15.2. The average molecular weight is 236 g/mol. The van der Waals surface area contributed by atoms with Crippen molar-refractivity contribution in [1.82, 2.24) is 14.5 Å². The van der Waals surface area contributed by atoms with E-state index >= 15 is 0 Å². The lowest BCUT2D eigenvalue weighted by atomic mass is 9.91. The summed E-state index contributed by atoms with van der Waals surface area (Å²) < 4.78 is 2.23. The minimum absolute atomic E-state index is 0.799. The zero-order chi connectivity index (χ0) is 12.1. The van der Waals surface area contributed by atoms with E-state index in [1.807, 2.05) is 6.20 Å². The van der Waals surface area contributed by atoms with Gasteiger partial charge in [-0.15, -0.1) is 0 Å². The Morgan fingerprint density at radius 1 is 1.47 bits per heavy atom. The molecule has 0 atom stereocenters. The van der Waals surface area contributed by atoms with E-state index in [1.54, 1.807) is 0 Å². The SMILES string of the molecule is Cc1nccn1CCN(CCCN)C1CCC1. The third-order valence-electron chi connectivity index (χ3n) is 3.79. The summed E-state index contributed by atoms with van der Waals surface area (Å²) in [5.74, 6) is 1.11. The van der Waals surface area contributed by atoms with Crippen molar-refractivity contribution in [3.8, 4) is 0 Å². The van der Waals surface area contributed by atoms with Gasteiger partial charge in [-0.2, -0.15) is 0 Å². The van der Waals surface area contributed by atoms with E-state index in [-0.39, 0.29) is 0 Å². The van der Waals surface area contributed by atoms with E-state index < -0.39 is 0 Å². The average Bonchev–Trinajstić information content (AvgIpc) is 2.65. The molecule has 4 nitrogen and oxygen atoms in total. The summed E-state index contributed by atoms with van der Waals surface area (Å²) in [6.07, 6.45) is 9.19. The lowest BCUT2D eigenvalue weighted by Crippen LogP contribution is -2.42. The number of nitrogens with zero attached hydrogens (tertiary/aromatic N) is 3. The molecular formula is C13H24N4. The van der Waals surface area contributed by atoms with Crippen LogP contribution in [0, 0.1) is 6.92 Å². The van der Waals surface area contributed by atoms with Gasteiger partial charge in [0.25, 0.3) is 0 Å². The minimum Gasteiger partial charge on any atom is -0.334 e. The van der Waals surface area contributed by atoms with Crippen molar-refractivity contribution in [2.45, 2.75) is 45.2 Å². The van der Waals surface area contributed by atoms with Crippen molar-refractivity contribution in [2.75, 3.05) is 19.6 Å². The first-order chi connectivity index (χ1) is 8.31. The first-order valence-electron chi connectivity index (χ1n) is 6.73. The highest BCUT2D eigenvalue weighted by Gasteiger charge is 2.24. The molecule has 0 amide bonds. The molecule has 96 valence electrons. The second-order valence-electron chi connectivity index (χ2n) is 4.93. The van der Waals surface area contributed by atoms with Gasteiger partial charge in [-0.25, -0.2) is 4.98 Å². The van der Waals surface area contributed by atoms with Crippen LogP contribution in [0.2, 0.25) is 0 Å². The van der Waals surface area contributed by atoms with Crippen LogP contribution in [0.1, 0.15) is 31.5 Å². The predicted octanol–water partition coefficient (Wildman–Crippen LogP) is 1.39. The molecule has 1 saturated carbocycles. The van der Waals surface area contributed by atoms with Crippen LogP contribution < -0.4 is 5.73 Å². The van der Waals surface area contributed by atoms with Crippen LogP contribution in [-0.2, 0) is 6.54 Å². The second-order valence-corrected chi connectivity index (χ2v) is 4.93. The van der Waals surface area contributed by atoms with E-state index in [0.717, 1.165) is 44.5 Å². The summed E-state index contributed by atoms with van der Waals surface area (Å²) in [6, 6.07) is 0.811. The molecule has 1 heterocycles. The highest BCUT2D eigenvalue weighted by Crippen LogP contribution is 2.24. The number of aryl methyl sites for hydroxylation is 1. The van der Waals surface area contributed by atoms with Crippen LogP contribution in [0.3, 0.4) is 0 Å². The molecular weight excluding hydrogens is 212 g/mol. The Balaban J connectivity index is 1.82. The van der Waals surface area contributed by atoms with Gasteiger partial charge in [-0.1, -0.05) is 6.42 Å². The molecule has 4 heteroatoms. The van der Waals surface area contributed by atoms with Gasteiger partial charge in [0.15, 0.2) is 0 Å². The topological polar surface area (TPSA) is 47.1 Å². The Labute approximate surface area is 104 Å². The maximum atomic E-state index is 5.61. The van der Waals surface area contributed by atoms with Crippen LogP contribution in [0.15, 0.2) is 12.4 Å². The Morgan fingerprint density at radius 2 is 2.29 bits per heavy atom. The normalized spacial score (nSPS) is 16.4. The molecule has 0 spiro atoms. The van der Waals surface area contributed by atoms with Crippen molar-refractivity contribution in [3.05, 3.63) is 18.2 Å². The van der Waals surface area contributed by atoms with Crippen molar-refractivity contribution in [2.24, 2.45) is 5.73 Å². The molecule has 0 aromatic carbocycles. The summed E-state index contributed by atoms with van der Waals surface area (Å²) in [7, 11) is 0. The first-order valence-corrected chi connectivity index (χ1v) is 6.73. The third kappa shape index (κ3) is 3.30. The van der Waals surface area contributed by atoms with Gasteiger partial charge in [0, 0.05) is 31.5 Å². The lowest BCUT2D eigenvalue weighted by molar-refractivity contribution is 0.121. The van der Waals surface area contributed by atoms with Crippen LogP contribution in [0.4, 0.5) is 0 Å². The quantitative estimate of drug-likeness (QED) is 0.778. The molecule has 17 heavy (non-hydrogen) atoms. The molecule has 1 aliphatic rings. The summed E-state index contributed by atoms with van der Waals surface area (Å²) >= 11 is 0. The Bertz CT molecular complexity index is 330. The number of rotatable bonds is 7. The number of nitrogens with two attached hydrogens (primary N) is 1. The zero-order valence-corrected chi connectivity index (χ0v) is 10.8. The van der Waals surface area contributed by atoms with Gasteiger partial charge in [-0.05, 0) is 39.3 Å². The monoisotopic (exact) mass is 236 g/mol. The van der Waals surface area contributed by atoms with E-state index in [4.69, 9.17) is 5.73 Å². The molecule has 1 aliphatic carbocycles. The van der Waals surface area contributed by atoms with Crippen molar-refractivity contribution in [3.63, 3.8) is 0 Å². The van der Waals surface area contributed by atoms with Crippen molar-refractivity contribution < 1.29 is 0 Å². The van der Waals surface area contributed by atoms with Gasteiger partial charge in [0.05, 0.1) is 0 Å². The number of hydrogen-bond acceptors (Lipinski definition) is 3. The summed E-state index contributed by atoms with van der Waals surface area (Å²) in [6.45, 7) is 6.19. The largest absolute Gasteiger partial charge is 0.334 e. The third-order valence-corrected chi connectivity index (χ3v) is 3.79. The van der Waals surface area contributed by atoms with Crippen LogP contribution >= 0.6 is 0 Å². The molecule has 2 N–H and O–H groups in total. The predicted molar refractivity (Wildman–Crippen MR) is 69.8 cm³/mol. The van der Waals surface area contributed by atoms with Crippen LogP contribution in [-0.4, -0.2) is 40.1 Å². The van der Waals surface area contributed by atoms with E-state index in [2.05, 4.69) is 27.6 Å². The molecule has 0 unspecified atom stereocenters. The molecule has 0 saturated heterocycles. The molecule has 0 bridgehead atoms. The number of aromatic nitrogens is 2. The highest BCUT2D eigenvalue weighted by molar-refractivity contribution is 4.89. The molecule has 0 radical (unpaired) electrons. The van der Waals surface area contributed by atoms with Crippen molar-refractivity contribution >= 4 is 0 Å². The molecule has 1 fully saturated rings. The van der Waals surface area contributed by atoms with E-state index in [9.17, 15) is 0 Å². The number of hydrogen-bond donors (Lipinski definition) is 1. The zero-order valence-electron chi connectivity index (χ0n) is 10.8. The smallest absolute Gasteiger partial charge is 0.105 e. The maximum Gasteiger partial charge on any atom is 0.105 e. The van der Waals surface area contributed by atoms with Gasteiger partial charge in [0.1, 0.15) is 5.82 Å². The Hall–Kier alpha value is -0.870. The van der Waals surface area contributed by atoms with Gasteiger partial charge < -0.3 is 10.3 Å². The first kappa shape index (κ1) is 12.6. The fourth-order valence-corrected chi connectivity index (χ4v) is 2.40. The van der Waals surface area contributed by atoms with Crippen molar-refractivity contribution in [1.29, 1.82) is 0 Å². The van der Waals surface area contributed by atoms with E-state index in [1.165, 1.54) is 19.3 Å². The minimum atomic E-state index is 0.799.